The van der Waals surface area contributed by atoms with Crippen LogP contribution in [0.4, 0.5) is 0 Å². The van der Waals surface area contributed by atoms with Gasteiger partial charge in [-0.15, -0.1) is 0 Å². The van der Waals surface area contributed by atoms with Crippen LogP contribution in [0, 0.1) is 5.92 Å². The molecule has 1 aliphatic rings. The summed E-state index contributed by atoms with van der Waals surface area (Å²) in [6, 6.07) is 10.2. The minimum atomic E-state index is -0.157. The second-order valence-corrected chi connectivity index (χ2v) is 4.64. The molecule has 0 aliphatic heterocycles. The lowest BCUT2D eigenvalue weighted by Gasteiger charge is -2.21. The minimum Gasteiger partial charge on any atom is -0.468 e. The number of hydrogen-bond donors (Lipinski definition) is 1. The summed E-state index contributed by atoms with van der Waals surface area (Å²) in [4.78, 5) is 11.7. The summed E-state index contributed by atoms with van der Waals surface area (Å²) >= 11 is 0. The molecule has 2 rings (SSSR count). The van der Waals surface area contributed by atoms with Gasteiger partial charge in [-0.1, -0.05) is 30.3 Å². The Morgan fingerprint density at radius 1 is 1.35 bits per heavy atom. The van der Waals surface area contributed by atoms with E-state index in [1.165, 1.54) is 12.7 Å². The molecule has 1 N–H and O–H groups in total. The first-order valence-electron chi connectivity index (χ1n) is 6.11. The Morgan fingerprint density at radius 3 is 2.53 bits per heavy atom. The average molecular weight is 233 g/mol. The van der Waals surface area contributed by atoms with Gasteiger partial charge < -0.3 is 4.74 Å². The third-order valence-corrected chi connectivity index (χ3v) is 3.28. The molecule has 0 amide bonds. The molecule has 1 aliphatic carbocycles. The molecule has 2 unspecified atom stereocenters. The molecule has 0 radical (unpaired) electrons. The third kappa shape index (κ3) is 3.07. The second-order valence-electron chi connectivity index (χ2n) is 4.64. The first-order chi connectivity index (χ1) is 8.22. The van der Waals surface area contributed by atoms with E-state index < -0.39 is 0 Å². The number of nitrogens with one attached hydrogen (secondary N) is 1. The van der Waals surface area contributed by atoms with E-state index in [9.17, 15) is 4.79 Å². The molecule has 0 aromatic heterocycles. The Bertz CT molecular complexity index is 373. The van der Waals surface area contributed by atoms with Crippen LogP contribution >= 0.6 is 0 Å². The highest BCUT2D eigenvalue weighted by molar-refractivity contribution is 5.76. The SMILES string of the molecule is COC(=O)C(NC(C)c1ccccc1)C1CC1. The lowest BCUT2D eigenvalue weighted by atomic mass is 10.1. The van der Waals surface area contributed by atoms with Gasteiger partial charge in [-0.25, -0.2) is 0 Å². The third-order valence-electron chi connectivity index (χ3n) is 3.28. The number of esters is 1. The number of hydrogen-bond acceptors (Lipinski definition) is 3. The molecule has 0 bridgehead atoms. The molecule has 0 saturated heterocycles. The van der Waals surface area contributed by atoms with E-state index >= 15 is 0 Å². The van der Waals surface area contributed by atoms with E-state index in [1.54, 1.807) is 0 Å². The highest BCUT2D eigenvalue weighted by Gasteiger charge is 2.37. The van der Waals surface area contributed by atoms with E-state index in [-0.39, 0.29) is 18.1 Å². The van der Waals surface area contributed by atoms with Gasteiger partial charge in [0, 0.05) is 6.04 Å². The largest absolute Gasteiger partial charge is 0.468 e. The van der Waals surface area contributed by atoms with Gasteiger partial charge in [0.05, 0.1) is 7.11 Å². The molecule has 0 spiro atoms. The highest BCUT2D eigenvalue weighted by Crippen LogP contribution is 2.34. The standard InChI is InChI=1S/C14H19NO2/c1-10(11-6-4-3-5-7-11)15-13(12-8-9-12)14(16)17-2/h3-7,10,12-13,15H,8-9H2,1-2H3. The quantitative estimate of drug-likeness (QED) is 0.793. The maximum atomic E-state index is 11.7. The van der Waals surface area contributed by atoms with E-state index in [4.69, 9.17) is 4.74 Å². The first kappa shape index (κ1) is 12.1. The fourth-order valence-corrected chi connectivity index (χ4v) is 2.06. The summed E-state index contributed by atoms with van der Waals surface area (Å²) in [6.07, 6.45) is 2.24. The van der Waals surface area contributed by atoms with Crippen LogP contribution in [-0.2, 0) is 9.53 Å². The molecule has 2 atom stereocenters. The fraction of sp³-hybridized carbons (Fsp3) is 0.500. The van der Waals surface area contributed by atoms with Crippen molar-refractivity contribution in [1.82, 2.24) is 5.32 Å². The Hall–Kier alpha value is -1.35. The van der Waals surface area contributed by atoms with Crippen molar-refractivity contribution in [3.63, 3.8) is 0 Å². The van der Waals surface area contributed by atoms with Crippen molar-refractivity contribution in [2.45, 2.75) is 31.8 Å². The van der Waals surface area contributed by atoms with E-state index in [0.29, 0.717) is 5.92 Å². The smallest absolute Gasteiger partial charge is 0.323 e. The highest BCUT2D eigenvalue weighted by atomic mass is 16.5. The molecule has 1 saturated carbocycles. The first-order valence-corrected chi connectivity index (χ1v) is 6.11. The van der Waals surface area contributed by atoms with Gasteiger partial charge in [0.1, 0.15) is 6.04 Å². The van der Waals surface area contributed by atoms with Gasteiger partial charge in [0.15, 0.2) is 0 Å². The van der Waals surface area contributed by atoms with E-state index in [2.05, 4.69) is 24.4 Å². The van der Waals surface area contributed by atoms with Crippen LogP contribution in [0.1, 0.15) is 31.4 Å². The van der Waals surface area contributed by atoms with Crippen molar-refractivity contribution in [2.75, 3.05) is 7.11 Å². The molecule has 0 heterocycles. The predicted molar refractivity (Wildman–Crippen MR) is 66.5 cm³/mol. The van der Waals surface area contributed by atoms with Gasteiger partial charge in [0.25, 0.3) is 0 Å². The van der Waals surface area contributed by atoms with Crippen molar-refractivity contribution >= 4 is 5.97 Å². The maximum Gasteiger partial charge on any atom is 0.323 e. The zero-order valence-corrected chi connectivity index (χ0v) is 10.3. The predicted octanol–water partition coefficient (Wildman–Crippen LogP) is 2.29. The normalized spacial score (nSPS) is 18.5. The number of rotatable bonds is 5. The summed E-state index contributed by atoms with van der Waals surface area (Å²) in [6.45, 7) is 2.08. The van der Waals surface area contributed by atoms with E-state index in [1.807, 2.05) is 18.2 Å². The Morgan fingerprint density at radius 2 is 2.00 bits per heavy atom. The zero-order valence-electron chi connectivity index (χ0n) is 10.3. The molecule has 17 heavy (non-hydrogen) atoms. The summed E-state index contributed by atoms with van der Waals surface area (Å²) in [5.41, 5.74) is 1.20. The molecule has 1 aromatic rings. The molecule has 3 heteroatoms. The Labute approximate surface area is 102 Å². The lowest BCUT2D eigenvalue weighted by Crippen LogP contribution is -2.40. The van der Waals surface area contributed by atoms with Crippen LogP contribution < -0.4 is 5.32 Å². The van der Waals surface area contributed by atoms with Crippen LogP contribution in [0.15, 0.2) is 30.3 Å². The second kappa shape index (κ2) is 5.32. The van der Waals surface area contributed by atoms with Gasteiger partial charge in [-0.3, -0.25) is 10.1 Å². The number of carbonyl (C=O) groups excluding carboxylic acids is 1. The number of ether oxygens (including phenoxy) is 1. The topological polar surface area (TPSA) is 38.3 Å². The number of carbonyl (C=O) groups is 1. The molecular formula is C14H19NO2. The Kier molecular flexibility index (Phi) is 3.79. The van der Waals surface area contributed by atoms with Crippen molar-refractivity contribution in [1.29, 1.82) is 0 Å². The summed E-state index contributed by atoms with van der Waals surface area (Å²) < 4.78 is 4.85. The lowest BCUT2D eigenvalue weighted by molar-refractivity contribution is -0.144. The molecular weight excluding hydrogens is 214 g/mol. The van der Waals surface area contributed by atoms with Crippen LogP contribution in [0.25, 0.3) is 0 Å². The van der Waals surface area contributed by atoms with Crippen LogP contribution in [0.2, 0.25) is 0 Å². The number of methoxy groups -OCH3 is 1. The van der Waals surface area contributed by atoms with Gasteiger partial charge in [-0.05, 0) is 31.2 Å². The summed E-state index contributed by atoms with van der Waals surface area (Å²) in [7, 11) is 1.45. The molecule has 1 aromatic carbocycles. The van der Waals surface area contributed by atoms with Crippen molar-refractivity contribution in [3.05, 3.63) is 35.9 Å². The fourth-order valence-electron chi connectivity index (χ4n) is 2.06. The van der Waals surface area contributed by atoms with Crippen LogP contribution in [-0.4, -0.2) is 19.1 Å². The monoisotopic (exact) mass is 233 g/mol. The maximum absolute atomic E-state index is 11.7. The van der Waals surface area contributed by atoms with Gasteiger partial charge in [-0.2, -0.15) is 0 Å². The van der Waals surface area contributed by atoms with Crippen molar-refractivity contribution < 1.29 is 9.53 Å². The molecule has 1 fully saturated rings. The molecule has 3 nitrogen and oxygen atoms in total. The number of benzene rings is 1. The van der Waals surface area contributed by atoms with Gasteiger partial charge >= 0.3 is 5.97 Å². The summed E-state index contributed by atoms with van der Waals surface area (Å²) in [5, 5.41) is 3.37. The van der Waals surface area contributed by atoms with Crippen molar-refractivity contribution in [2.24, 2.45) is 5.92 Å². The average Bonchev–Trinajstić information content (AvgIpc) is 3.20. The van der Waals surface area contributed by atoms with Crippen LogP contribution in [0.5, 0.6) is 0 Å². The molecule has 92 valence electrons. The zero-order chi connectivity index (χ0) is 12.3. The van der Waals surface area contributed by atoms with Crippen molar-refractivity contribution in [3.8, 4) is 0 Å². The Balaban J connectivity index is 2.00. The van der Waals surface area contributed by atoms with Gasteiger partial charge in [0.2, 0.25) is 0 Å². The minimum absolute atomic E-state index is 0.143. The summed E-state index contributed by atoms with van der Waals surface area (Å²) in [5.74, 6) is 0.309. The van der Waals surface area contributed by atoms with E-state index in [0.717, 1.165) is 12.8 Å². The van der Waals surface area contributed by atoms with Crippen LogP contribution in [0.3, 0.4) is 0 Å².